The van der Waals surface area contributed by atoms with Crippen molar-refractivity contribution >= 4 is 21.6 Å². The Labute approximate surface area is 112 Å². The van der Waals surface area contributed by atoms with Crippen LogP contribution in [0.2, 0.25) is 0 Å². The van der Waals surface area contributed by atoms with Gasteiger partial charge in [0.25, 0.3) is 0 Å². The van der Waals surface area contributed by atoms with Gasteiger partial charge in [0.1, 0.15) is 5.78 Å². The number of hydrogen-bond donors (Lipinski definition) is 0. The molecule has 1 aliphatic heterocycles. The second kappa shape index (κ2) is 8.65. The van der Waals surface area contributed by atoms with Crippen LogP contribution in [0, 0.1) is 0 Å². The highest BCUT2D eigenvalue weighted by Crippen LogP contribution is 2.22. The van der Waals surface area contributed by atoms with E-state index in [1.807, 2.05) is 19.9 Å². The minimum Gasteiger partial charge on any atom is -0.300 e. The predicted octanol–water partition coefficient (Wildman–Crippen LogP) is 4.52. The molecule has 0 fully saturated rings. The molecule has 0 aromatic heterocycles. The average Bonchev–Trinajstić information content (AvgIpc) is 2.92. The molecule has 0 bridgehead atoms. The van der Waals surface area contributed by atoms with Crippen molar-refractivity contribution in [1.29, 1.82) is 0 Å². The van der Waals surface area contributed by atoms with Gasteiger partial charge in [-0.2, -0.15) is 0 Å². The highest BCUT2D eigenvalue weighted by molar-refractivity contribution is 8.20. The molecule has 1 heterocycles. The molecule has 0 saturated carbocycles. The first-order valence-electron chi connectivity index (χ1n) is 6.23. The third-order valence-corrected chi connectivity index (χ3v) is 3.93. The summed E-state index contributed by atoms with van der Waals surface area (Å²) in [6.07, 6.45) is 5.58. The van der Waals surface area contributed by atoms with E-state index in [0.29, 0.717) is 18.6 Å². The lowest BCUT2D eigenvalue weighted by Crippen LogP contribution is -1.88. The second-order valence-electron chi connectivity index (χ2n) is 3.84. The lowest BCUT2D eigenvalue weighted by Gasteiger charge is -1.93. The van der Waals surface area contributed by atoms with Gasteiger partial charge in [0.2, 0.25) is 0 Å². The maximum atomic E-state index is 10.2. The summed E-state index contributed by atoms with van der Waals surface area (Å²) in [6, 6.07) is 10.4. The van der Waals surface area contributed by atoms with Crippen molar-refractivity contribution in [3.05, 3.63) is 58.9 Å². The number of Topliss-reactive ketones (excluding diaryl/α,β-unsaturated/α-hetero) is 1. The van der Waals surface area contributed by atoms with Crippen LogP contribution in [0.1, 0.15) is 32.3 Å². The molecule has 2 heteroatoms. The maximum Gasteiger partial charge on any atom is 0.132 e. The second-order valence-corrected chi connectivity index (χ2v) is 5.44. The Morgan fingerprint density at radius 1 is 1.06 bits per heavy atom. The van der Waals surface area contributed by atoms with Crippen molar-refractivity contribution in [2.75, 3.05) is 0 Å². The number of rotatable bonds is 3. The van der Waals surface area contributed by atoms with Crippen LogP contribution in [0.4, 0.5) is 0 Å². The standard InChI is InChI=1S/C11H10S.C5H10O/c1-2-6-11(7-3-1)10-12-8-4-5-9-12;1-3-5(6)4-2/h1-10H;3-4H2,1-2H3. The molecule has 0 spiro atoms. The van der Waals surface area contributed by atoms with Gasteiger partial charge in [-0.15, -0.1) is 10.5 Å². The highest BCUT2D eigenvalue weighted by Gasteiger charge is 1.89. The summed E-state index contributed by atoms with van der Waals surface area (Å²) in [5.41, 5.74) is 1.30. The van der Waals surface area contributed by atoms with Gasteiger partial charge in [0.15, 0.2) is 0 Å². The molecular weight excluding hydrogens is 240 g/mol. The van der Waals surface area contributed by atoms with Crippen LogP contribution in [0.15, 0.2) is 53.3 Å². The smallest absolute Gasteiger partial charge is 0.132 e. The van der Waals surface area contributed by atoms with Crippen molar-refractivity contribution < 1.29 is 4.79 Å². The third kappa shape index (κ3) is 5.78. The van der Waals surface area contributed by atoms with Crippen LogP contribution < -0.4 is 0 Å². The van der Waals surface area contributed by atoms with Crippen LogP contribution in [0.25, 0.3) is 0 Å². The zero-order valence-electron chi connectivity index (χ0n) is 11.0. The van der Waals surface area contributed by atoms with Crippen molar-refractivity contribution in [2.45, 2.75) is 26.7 Å². The fourth-order valence-corrected chi connectivity index (χ4v) is 2.60. The minimum atomic E-state index is 0.236. The van der Waals surface area contributed by atoms with Crippen LogP contribution in [0.3, 0.4) is 0 Å². The van der Waals surface area contributed by atoms with Gasteiger partial charge in [-0.25, -0.2) is 0 Å². The Balaban J connectivity index is 0.000000232. The van der Waals surface area contributed by atoms with Gasteiger partial charge in [0.05, 0.1) is 0 Å². The number of carbonyl (C=O) groups excluding carboxylic acids is 1. The summed E-state index contributed by atoms with van der Waals surface area (Å²) in [4.78, 5) is 10.2. The zero-order chi connectivity index (χ0) is 13.2. The van der Waals surface area contributed by atoms with Crippen LogP contribution in [0.5, 0.6) is 0 Å². The van der Waals surface area contributed by atoms with Crippen LogP contribution in [-0.2, 0) is 4.79 Å². The molecule has 1 aromatic carbocycles. The molecule has 0 atom stereocenters. The molecule has 1 nitrogen and oxygen atoms in total. The monoisotopic (exact) mass is 260 g/mol. The van der Waals surface area contributed by atoms with Crippen molar-refractivity contribution in [1.82, 2.24) is 0 Å². The largest absolute Gasteiger partial charge is 0.300 e. The summed E-state index contributed by atoms with van der Waals surface area (Å²) >= 11 is 0. The number of benzene rings is 1. The van der Waals surface area contributed by atoms with E-state index in [-0.39, 0.29) is 10.5 Å². The molecule has 0 radical (unpaired) electrons. The number of allylic oxidation sites excluding steroid dienone is 2. The number of hydrogen-bond acceptors (Lipinski definition) is 1. The summed E-state index contributed by atoms with van der Waals surface area (Å²) in [5, 5.41) is 6.71. The molecule has 96 valence electrons. The molecule has 0 N–H and O–H groups in total. The van der Waals surface area contributed by atoms with E-state index < -0.39 is 0 Å². The normalized spacial score (nSPS) is 13.0. The molecule has 0 saturated heterocycles. The summed E-state index contributed by atoms with van der Waals surface area (Å²) in [6.45, 7) is 3.76. The van der Waals surface area contributed by atoms with Gasteiger partial charge < -0.3 is 0 Å². The van der Waals surface area contributed by atoms with Crippen molar-refractivity contribution in [3.63, 3.8) is 0 Å². The minimum absolute atomic E-state index is 0.236. The first-order chi connectivity index (χ1) is 8.76. The van der Waals surface area contributed by atoms with Crippen molar-refractivity contribution in [3.8, 4) is 0 Å². The van der Waals surface area contributed by atoms with Gasteiger partial charge in [-0.1, -0.05) is 56.3 Å². The van der Waals surface area contributed by atoms with E-state index in [1.165, 1.54) is 5.56 Å². The summed E-state index contributed by atoms with van der Waals surface area (Å²) < 4.78 is 0. The maximum absolute atomic E-state index is 10.2. The van der Waals surface area contributed by atoms with Gasteiger partial charge in [-0.3, -0.25) is 4.79 Å². The van der Waals surface area contributed by atoms with Crippen LogP contribution >= 0.6 is 10.5 Å². The van der Waals surface area contributed by atoms with Gasteiger partial charge in [-0.05, 0) is 21.7 Å². The first-order valence-corrected chi connectivity index (χ1v) is 7.65. The summed E-state index contributed by atoms with van der Waals surface area (Å²) in [5.74, 6) is 0.343. The van der Waals surface area contributed by atoms with Crippen LogP contribution in [-0.4, -0.2) is 11.2 Å². The fraction of sp³-hybridized carbons (Fsp3) is 0.250. The molecular formula is C16H20OS. The predicted molar refractivity (Wildman–Crippen MR) is 83.1 cm³/mol. The molecule has 2 rings (SSSR count). The van der Waals surface area contributed by atoms with E-state index in [4.69, 9.17) is 0 Å². The Morgan fingerprint density at radius 3 is 2.06 bits per heavy atom. The Bertz CT molecular complexity index is 435. The lowest BCUT2D eigenvalue weighted by atomic mass is 10.2. The van der Waals surface area contributed by atoms with Gasteiger partial charge >= 0.3 is 0 Å². The lowest BCUT2D eigenvalue weighted by molar-refractivity contribution is -0.118. The molecule has 0 unspecified atom stereocenters. The SMILES string of the molecule is C1=CS(=Cc2ccccc2)C=C1.CCC(=O)CC. The molecule has 0 amide bonds. The van der Waals surface area contributed by atoms with E-state index >= 15 is 0 Å². The Morgan fingerprint density at radius 2 is 1.61 bits per heavy atom. The summed E-state index contributed by atoms with van der Waals surface area (Å²) in [7, 11) is 0.236. The topological polar surface area (TPSA) is 17.1 Å². The fourth-order valence-electron chi connectivity index (χ4n) is 1.33. The molecule has 18 heavy (non-hydrogen) atoms. The quantitative estimate of drug-likeness (QED) is 0.730. The van der Waals surface area contributed by atoms with Crippen molar-refractivity contribution in [2.24, 2.45) is 0 Å². The number of ketones is 1. The van der Waals surface area contributed by atoms with E-state index in [2.05, 4.69) is 52.6 Å². The average molecular weight is 260 g/mol. The molecule has 0 aliphatic carbocycles. The number of carbonyl (C=O) groups is 1. The molecule has 1 aromatic rings. The Hall–Kier alpha value is -1.41. The first kappa shape index (κ1) is 14.7. The van der Waals surface area contributed by atoms with E-state index in [9.17, 15) is 4.79 Å². The highest BCUT2D eigenvalue weighted by atomic mass is 32.2. The van der Waals surface area contributed by atoms with Gasteiger partial charge in [0, 0.05) is 12.8 Å². The molecule has 1 aliphatic rings. The van der Waals surface area contributed by atoms with E-state index in [1.54, 1.807) is 0 Å². The Kier molecular flexibility index (Phi) is 7.04. The zero-order valence-corrected chi connectivity index (χ0v) is 11.8. The van der Waals surface area contributed by atoms with E-state index in [0.717, 1.165) is 0 Å². The third-order valence-electron chi connectivity index (χ3n) is 2.44.